The fourth-order valence-corrected chi connectivity index (χ4v) is 4.96. The van der Waals surface area contributed by atoms with Gasteiger partial charge in [0.25, 0.3) is 5.91 Å². The molecule has 3 amide bonds. The van der Waals surface area contributed by atoms with Gasteiger partial charge in [0.1, 0.15) is 6.04 Å². The summed E-state index contributed by atoms with van der Waals surface area (Å²) in [5.74, 6) is 0.218. The van der Waals surface area contributed by atoms with Crippen molar-refractivity contribution in [3.8, 4) is 0 Å². The predicted octanol–water partition coefficient (Wildman–Crippen LogP) is 1.84. The molecule has 3 aliphatic heterocycles. The van der Waals surface area contributed by atoms with E-state index in [4.69, 9.17) is 0 Å². The lowest BCUT2D eigenvalue weighted by atomic mass is 10.1. The molecule has 3 fully saturated rings. The lowest BCUT2D eigenvalue weighted by molar-refractivity contribution is -0.138. The number of piperazine rings is 1. The van der Waals surface area contributed by atoms with Crippen LogP contribution in [0, 0.1) is 0 Å². The second kappa shape index (κ2) is 10.3. The van der Waals surface area contributed by atoms with Crippen molar-refractivity contribution < 1.29 is 14.4 Å². The Hall–Kier alpha value is -2.41. The van der Waals surface area contributed by atoms with Crippen LogP contribution in [-0.4, -0.2) is 95.7 Å². The highest BCUT2D eigenvalue weighted by Crippen LogP contribution is 2.22. The molecule has 3 heterocycles. The fourth-order valence-electron chi connectivity index (χ4n) is 4.96. The number of carbonyl (C=O) groups is 3. The summed E-state index contributed by atoms with van der Waals surface area (Å²) in [6.07, 6.45) is 6.23. The van der Waals surface area contributed by atoms with E-state index in [1.54, 1.807) is 4.90 Å². The van der Waals surface area contributed by atoms with Crippen molar-refractivity contribution in [1.29, 1.82) is 0 Å². The monoisotopic (exact) mass is 426 g/mol. The first-order chi connectivity index (χ1) is 15.1. The Bertz CT molecular complexity index is 768. The predicted molar refractivity (Wildman–Crippen MR) is 119 cm³/mol. The summed E-state index contributed by atoms with van der Waals surface area (Å²) in [7, 11) is 0. The molecule has 7 nitrogen and oxygen atoms in total. The van der Waals surface area contributed by atoms with Gasteiger partial charge in [-0.15, -0.1) is 0 Å². The molecule has 0 N–H and O–H groups in total. The molecule has 31 heavy (non-hydrogen) atoms. The van der Waals surface area contributed by atoms with Crippen LogP contribution in [-0.2, 0) is 9.59 Å². The van der Waals surface area contributed by atoms with E-state index in [9.17, 15) is 14.4 Å². The van der Waals surface area contributed by atoms with Crippen molar-refractivity contribution >= 4 is 17.7 Å². The lowest BCUT2D eigenvalue weighted by Gasteiger charge is -2.37. The first-order valence-corrected chi connectivity index (χ1v) is 11.8. The summed E-state index contributed by atoms with van der Waals surface area (Å²) in [4.78, 5) is 46.6. The fraction of sp³-hybridized carbons (Fsp3) is 0.625. The third kappa shape index (κ3) is 5.26. The number of amides is 3. The molecule has 3 aliphatic rings. The van der Waals surface area contributed by atoms with Crippen molar-refractivity contribution in [2.75, 3.05) is 52.4 Å². The minimum atomic E-state index is -0.363. The first kappa shape index (κ1) is 21.8. The summed E-state index contributed by atoms with van der Waals surface area (Å²) in [5.41, 5.74) is 0.638. The zero-order valence-electron chi connectivity index (χ0n) is 18.4. The lowest BCUT2D eigenvalue weighted by Crippen LogP contribution is -2.55. The van der Waals surface area contributed by atoms with Gasteiger partial charge in [-0.1, -0.05) is 31.0 Å². The van der Waals surface area contributed by atoms with Gasteiger partial charge in [0.2, 0.25) is 11.8 Å². The molecular weight excluding hydrogens is 392 g/mol. The van der Waals surface area contributed by atoms with Crippen LogP contribution in [0.15, 0.2) is 30.3 Å². The SMILES string of the molecule is O=C(CN1CCN(C(=O)C2CCCN2C(=O)c2ccccc2)CC1)N1CCCCCC1. The third-order valence-corrected chi connectivity index (χ3v) is 6.82. The number of hydrogen-bond acceptors (Lipinski definition) is 4. The van der Waals surface area contributed by atoms with Gasteiger partial charge >= 0.3 is 0 Å². The molecule has 0 radical (unpaired) electrons. The molecule has 1 aromatic rings. The molecule has 3 saturated heterocycles. The molecular formula is C24H34N4O3. The van der Waals surface area contributed by atoms with E-state index >= 15 is 0 Å². The van der Waals surface area contributed by atoms with Gasteiger partial charge in [-0.2, -0.15) is 0 Å². The standard InChI is InChI=1S/C24H34N4O3/c29-22(26-12-6-1-2-7-13-26)19-25-15-17-27(18-16-25)24(31)21-11-8-14-28(21)23(30)20-9-4-3-5-10-20/h3-5,9-10,21H,1-2,6-8,11-19H2. The molecule has 7 heteroatoms. The normalized spacial score (nSPS) is 23.0. The molecule has 0 saturated carbocycles. The maximum Gasteiger partial charge on any atom is 0.254 e. The van der Waals surface area contributed by atoms with E-state index in [-0.39, 0.29) is 23.8 Å². The minimum absolute atomic E-state index is 0.0558. The van der Waals surface area contributed by atoms with E-state index in [1.807, 2.05) is 40.1 Å². The molecule has 1 atom stereocenters. The summed E-state index contributed by atoms with van der Waals surface area (Å²) >= 11 is 0. The van der Waals surface area contributed by atoms with Gasteiger partial charge in [0, 0.05) is 51.4 Å². The summed E-state index contributed by atoms with van der Waals surface area (Å²) in [5, 5.41) is 0. The van der Waals surface area contributed by atoms with Crippen LogP contribution >= 0.6 is 0 Å². The zero-order valence-corrected chi connectivity index (χ0v) is 18.4. The van der Waals surface area contributed by atoms with Gasteiger partial charge in [-0.05, 0) is 37.8 Å². The highest BCUT2D eigenvalue weighted by atomic mass is 16.2. The summed E-state index contributed by atoms with van der Waals surface area (Å²) in [6, 6.07) is 8.85. The van der Waals surface area contributed by atoms with Gasteiger partial charge in [-0.25, -0.2) is 0 Å². The Kier molecular flexibility index (Phi) is 7.22. The molecule has 1 aromatic carbocycles. The Morgan fingerprint density at radius 2 is 1.42 bits per heavy atom. The van der Waals surface area contributed by atoms with Crippen molar-refractivity contribution in [1.82, 2.24) is 19.6 Å². The molecule has 1 unspecified atom stereocenters. The van der Waals surface area contributed by atoms with Gasteiger partial charge in [0.15, 0.2) is 0 Å². The van der Waals surface area contributed by atoms with Crippen LogP contribution < -0.4 is 0 Å². The van der Waals surface area contributed by atoms with Gasteiger partial charge in [0.05, 0.1) is 6.54 Å². The van der Waals surface area contributed by atoms with E-state index < -0.39 is 0 Å². The number of carbonyl (C=O) groups excluding carboxylic acids is 3. The highest BCUT2D eigenvalue weighted by molar-refractivity contribution is 5.98. The van der Waals surface area contributed by atoms with Gasteiger partial charge in [-0.3, -0.25) is 19.3 Å². The maximum atomic E-state index is 13.2. The van der Waals surface area contributed by atoms with Crippen LogP contribution in [0.5, 0.6) is 0 Å². The van der Waals surface area contributed by atoms with Crippen molar-refractivity contribution in [3.05, 3.63) is 35.9 Å². The molecule has 0 aromatic heterocycles. The minimum Gasteiger partial charge on any atom is -0.342 e. The molecule has 0 aliphatic carbocycles. The first-order valence-electron chi connectivity index (χ1n) is 11.8. The number of likely N-dealkylation sites (tertiary alicyclic amines) is 2. The topological polar surface area (TPSA) is 64.2 Å². The van der Waals surface area contributed by atoms with Crippen LogP contribution in [0.4, 0.5) is 0 Å². The van der Waals surface area contributed by atoms with Crippen molar-refractivity contribution in [2.45, 2.75) is 44.6 Å². The van der Waals surface area contributed by atoms with Crippen LogP contribution in [0.1, 0.15) is 48.9 Å². The van der Waals surface area contributed by atoms with E-state index in [1.165, 1.54) is 12.8 Å². The molecule has 0 bridgehead atoms. The highest BCUT2D eigenvalue weighted by Gasteiger charge is 2.37. The number of hydrogen-bond donors (Lipinski definition) is 0. The van der Waals surface area contributed by atoms with E-state index in [2.05, 4.69) is 4.90 Å². The Morgan fingerprint density at radius 1 is 0.742 bits per heavy atom. The number of rotatable bonds is 4. The van der Waals surface area contributed by atoms with Crippen molar-refractivity contribution in [2.24, 2.45) is 0 Å². The third-order valence-electron chi connectivity index (χ3n) is 6.82. The van der Waals surface area contributed by atoms with Crippen molar-refractivity contribution in [3.63, 3.8) is 0 Å². The number of nitrogens with zero attached hydrogens (tertiary/aromatic N) is 4. The van der Waals surface area contributed by atoms with Crippen LogP contribution in [0.3, 0.4) is 0 Å². The smallest absolute Gasteiger partial charge is 0.254 e. The summed E-state index contributed by atoms with van der Waals surface area (Å²) < 4.78 is 0. The Labute approximate surface area is 185 Å². The maximum absolute atomic E-state index is 13.2. The average Bonchev–Trinajstić information content (AvgIpc) is 3.13. The second-order valence-electron chi connectivity index (χ2n) is 8.92. The quantitative estimate of drug-likeness (QED) is 0.737. The van der Waals surface area contributed by atoms with E-state index in [0.717, 1.165) is 38.8 Å². The van der Waals surface area contributed by atoms with Crippen LogP contribution in [0.2, 0.25) is 0 Å². The Balaban J connectivity index is 1.28. The molecule has 4 rings (SSSR count). The summed E-state index contributed by atoms with van der Waals surface area (Å²) in [6.45, 7) is 5.51. The van der Waals surface area contributed by atoms with Gasteiger partial charge < -0.3 is 14.7 Å². The van der Waals surface area contributed by atoms with Crippen LogP contribution in [0.25, 0.3) is 0 Å². The molecule has 0 spiro atoms. The molecule has 168 valence electrons. The van der Waals surface area contributed by atoms with E-state index in [0.29, 0.717) is 44.8 Å². The zero-order chi connectivity index (χ0) is 21.6. The number of benzene rings is 1. The average molecular weight is 427 g/mol. The Morgan fingerprint density at radius 3 is 2.10 bits per heavy atom. The second-order valence-corrected chi connectivity index (χ2v) is 8.92. The largest absolute Gasteiger partial charge is 0.342 e.